The topological polar surface area (TPSA) is 98.5 Å². The van der Waals surface area contributed by atoms with E-state index in [2.05, 4.69) is 5.32 Å². The molecule has 0 aliphatic carbocycles. The van der Waals surface area contributed by atoms with E-state index in [4.69, 9.17) is 33.1 Å². The van der Waals surface area contributed by atoms with Crippen molar-refractivity contribution in [2.75, 3.05) is 6.61 Å². The molecule has 0 atom stereocenters. The maximum atomic E-state index is 11.6. The largest absolute Gasteiger partial charge is 0.482 e. The Morgan fingerprint density at radius 2 is 1.86 bits per heavy atom. The van der Waals surface area contributed by atoms with Gasteiger partial charge in [-0.3, -0.25) is 4.79 Å². The van der Waals surface area contributed by atoms with Crippen LogP contribution in [0.2, 0.25) is 10.0 Å². The van der Waals surface area contributed by atoms with Crippen molar-refractivity contribution < 1.29 is 17.9 Å². The van der Waals surface area contributed by atoms with Crippen LogP contribution in [0, 0.1) is 0 Å². The second kappa shape index (κ2) is 6.39. The van der Waals surface area contributed by atoms with Crippen molar-refractivity contribution in [2.24, 2.45) is 5.14 Å². The SMILES string of the molecule is CC(C)(C)NC(=O)COc1ccc(S(N)(=O)=O)c(Cl)c1Cl. The predicted octanol–water partition coefficient (Wildman–Crippen LogP) is 1.93. The first-order valence-corrected chi connectivity index (χ1v) is 8.16. The number of rotatable bonds is 4. The Hall–Kier alpha value is -1.02. The Morgan fingerprint density at radius 1 is 1.29 bits per heavy atom. The molecule has 3 N–H and O–H groups in total. The van der Waals surface area contributed by atoms with E-state index < -0.39 is 10.0 Å². The van der Waals surface area contributed by atoms with Crippen molar-refractivity contribution in [3.05, 3.63) is 22.2 Å². The number of nitrogens with one attached hydrogen (secondary N) is 1. The number of halogens is 2. The van der Waals surface area contributed by atoms with Gasteiger partial charge in [0.15, 0.2) is 6.61 Å². The summed E-state index contributed by atoms with van der Waals surface area (Å²) in [5.41, 5.74) is -0.390. The standard InChI is InChI=1S/C12H16Cl2N2O4S/c1-12(2,3)16-9(17)6-20-7-4-5-8(21(15,18)19)11(14)10(7)13/h4-5H,6H2,1-3H3,(H,16,17)(H2,15,18,19). The minimum absolute atomic E-state index is 0.0955. The number of ether oxygens (including phenoxy) is 1. The van der Waals surface area contributed by atoms with Crippen LogP contribution in [0.15, 0.2) is 17.0 Å². The third-order valence-corrected chi connectivity index (χ3v) is 4.12. The number of carbonyl (C=O) groups excluding carboxylic acids is 1. The molecule has 0 aliphatic rings. The zero-order valence-corrected chi connectivity index (χ0v) is 14.1. The van der Waals surface area contributed by atoms with E-state index in [1.54, 1.807) is 0 Å². The molecule has 0 saturated heterocycles. The van der Waals surface area contributed by atoms with Crippen LogP contribution in [0.3, 0.4) is 0 Å². The molecule has 0 unspecified atom stereocenters. The quantitative estimate of drug-likeness (QED) is 0.862. The summed E-state index contributed by atoms with van der Waals surface area (Å²) >= 11 is 11.7. The predicted molar refractivity (Wildman–Crippen MR) is 81.2 cm³/mol. The summed E-state index contributed by atoms with van der Waals surface area (Å²) in [4.78, 5) is 11.3. The molecule has 0 fully saturated rings. The van der Waals surface area contributed by atoms with E-state index in [1.807, 2.05) is 20.8 Å². The molecule has 1 rings (SSSR count). The minimum Gasteiger partial charge on any atom is -0.482 e. The average molecular weight is 355 g/mol. The Morgan fingerprint density at radius 3 is 2.33 bits per heavy atom. The fourth-order valence-electron chi connectivity index (χ4n) is 1.44. The third kappa shape index (κ3) is 5.35. The van der Waals surface area contributed by atoms with Crippen LogP contribution in [0.5, 0.6) is 5.75 Å². The molecule has 1 aromatic rings. The number of hydrogen-bond acceptors (Lipinski definition) is 4. The molecule has 0 aliphatic heterocycles. The summed E-state index contributed by atoms with van der Waals surface area (Å²) < 4.78 is 27.8. The van der Waals surface area contributed by atoms with E-state index in [9.17, 15) is 13.2 Å². The molecule has 6 nitrogen and oxygen atoms in total. The first-order valence-electron chi connectivity index (χ1n) is 5.86. The molecule has 0 radical (unpaired) electrons. The van der Waals surface area contributed by atoms with Crippen LogP contribution in [0.25, 0.3) is 0 Å². The molecule has 21 heavy (non-hydrogen) atoms. The summed E-state index contributed by atoms with van der Waals surface area (Å²) in [6.07, 6.45) is 0. The van der Waals surface area contributed by atoms with Gasteiger partial charge in [-0.1, -0.05) is 23.2 Å². The summed E-state index contributed by atoms with van der Waals surface area (Å²) in [5.74, 6) is -0.247. The van der Waals surface area contributed by atoms with Crippen LogP contribution in [0.4, 0.5) is 0 Å². The van der Waals surface area contributed by atoms with Crippen LogP contribution in [-0.2, 0) is 14.8 Å². The fourth-order valence-corrected chi connectivity index (χ4v) is 2.81. The first kappa shape index (κ1) is 18.0. The number of sulfonamides is 1. The molecule has 0 bridgehead atoms. The fraction of sp³-hybridized carbons (Fsp3) is 0.417. The number of nitrogens with two attached hydrogens (primary N) is 1. The summed E-state index contributed by atoms with van der Waals surface area (Å²) in [7, 11) is -3.98. The van der Waals surface area contributed by atoms with Crippen molar-refractivity contribution in [1.29, 1.82) is 0 Å². The van der Waals surface area contributed by atoms with Gasteiger partial charge in [0.1, 0.15) is 15.7 Å². The maximum absolute atomic E-state index is 11.6. The number of benzene rings is 1. The van der Waals surface area contributed by atoms with Crippen LogP contribution in [0.1, 0.15) is 20.8 Å². The average Bonchev–Trinajstić information content (AvgIpc) is 2.27. The zero-order valence-electron chi connectivity index (χ0n) is 11.7. The minimum atomic E-state index is -3.98. The second-order valence-electron chi connectivity index (χ2n) is 5.32. The molecule has 0 heterocycles. The Balaban J connectivity index is 2.88. The van der Waals surface area contributed by atoms with Crippen LogP contribution < -0.4 is 15.2 Å². The summed E-state index contributed by atoms with van der Waals surface area (Å²) in [5, 5.41) is 7.33. The van der Waals surface area contributed by atoms with E-state index in [0.717, 1.165) is 0 Å². The lowest BCUT2D eigenvalue weighted by molar-refractivity contribution is -0.124. The molecule has 9 heteroatoms. The molecular formula is C12H16Cl2N2O4S. The van der Waals surface area contributed by atoms with Gasteiger partial charge in [-0.2, -0.15) is 0 Å². The van der Waals surface area contributed by atoms with Gasteiger partial charge in [0.2, 0.25) is 10.0 Å². The number of amides is 1. The lowest BCUT2D eigenvalue weighted by atomic mass is 10.1. The number of hydrogen-bond donors (Lipinski definition) is 2. The second-order valence-corrected chi connectivity index (χ2v) is 7.61. The molecular weight excluding hydrogens is 339 g/mol. The molecule has 1 aromatic carbocycles. The first-order chi connectivity index (χ1) is 9.42. The van der Waals surface area contributed by atoms with E-state index in [-0.39, 0.29) is 38.7 Å². The van der Waals surface area contributed by atoms with Crippen molar-refractivity contribution in [1.82, 2.24) is 5.32 Å². The van der Waals surface area contributed by atoms with E-state index >= 15 is 0 Å². The van der Waals surface area contributed by atoms with Crippen molar-refractivity contribution in [3.8, 4) is 5.75 Å². The summed E-state index contributed by atoms with van der Waals surface area (Å²) in [6.45, 7) is 5.21. The highest BCUT2D eigenvalue weighted by Crippen LogP contribution is 2.36. The van der Waals surface area contributed by atoms with Crippen molar-refractivity contribution in [2.45, 2.75) is 31.2 Å². The van der Waals surface area contributed by atoms with Gasteiger partial charge in [-0.05, 0) is 32.9 Å². The zero-order chi connectivity index (χ0) is 16.4. The lowest BCUT2D eigenvalue weighted by Crippen LogP contribution is -2.43. The molecule has 0 spiro atoms. The van der Waals surface area contributed by atoms with Gasteiger partial charge in [-0.25, -0.2) is 13.6 Å². The van der Waals surface area contributed by atoms with Gasteiger partial charge < -0.3 is 10.1 Å². The highest BCUT2D eigenvalue weighted by Gasteiger charge is 2.20. The number of carbonyl (C=O) groups is 1. The monoisotopic (exact) mass is 354 g/mol. The van der Waals surface area contributed by atoms with Gasteiger partial charge >= 0.3 is 0 Å². The van der Waals surface area contributed by atoms with Gasteiger partial charge in [0.25, 0.3) is 5.91 Å². The highest BCUT2D eigenvalue weighted by atomic mass is 35.5. The Labute approximate surface area is 133 Å². The molecule has 1 amide bonds. The Kier molecular flexibility index (Phi) is 5.49. The van der Waals surface area contributed by atoms with Crippen molar-refractivity contribution in [3.63, 3.8) is 0 Å². The van der Waals surface area contributed by atoms with Crippen LogP contribution >= 0.6 is 23.2 Å². The third-order valence-electron chi connectivity index (χ3n) is 2.19. The van der Waals surface area contributed by atoms with Gasteiger partial charge in [0.05, 0.1) is 5.02 Å². The Bertz CT molecular complexity index is 654. The van der Waals surface area contributed by atoms with E-state index in [1.165, 1.54) is 12.1 Å². The smallest absolute Gasteiger partial charge is 0.258 e. The van der Waals surface area contributed by atoms with Crippen molar-refractivity contribution >= 4 is 39.1 Å². The summed E-state index contributed by atoms with van der Waals surface area (Å²) in [6, 6.07) is 2.46. The lowest BCUT2D eigenvalue weighted by Gasteiger charge is -2.20. The molecule has 118 valence electrons. The maximum Gasteiger partial charge on any atom is 0.258 e. The van der Waals surface area contributed by atoms with Crippen LogP contribution in [-0.4, -0.2) is 26.5 Å². The van der Waals surface area contributed by atoms with Gasteiger partial charge in [0, 0.05) is 5.54 Å². The highest BCUT2D eigenvalue weighted by molar-refractivity contribution is 7.89. The molecule has 0 saturated carbocycles. The number of primary sulfonamides is 1. The van der Waals surface area contributed by atoms with Gasteiger partial charge in [-0.15, -0.1) is 0 Å². The van der Waals surface area contributed by atoms with E-state index in [0.29, 0.717) is 0 Å². The molecule has 0 aromatic heterocycles. The normalized spacial score (nSPS) is 12.1.